The molecule has 2 fully saturated rings. The lowest BCUT2D eigenvalue weighted by atomic mass is 10.0. The number of amides is 2. The van der Waals surface area contributed by atoms with Crippen LogP contribution in [0.1, 0.15) is 44.7 Å². The molecule has 2 amide bonds. The summed E-state index contributed by atoms with van der Waals surface area (Å²) in [5.41, 5.74) is 3.62. The highest BCUT2D eigenvalue weighted by molar-refractivity contribution is 6.06. The van der Waals surface area contributed by atoms with Crippen LogP contribution in [0.3, 0.4) is 0 Å². The van der Waals surface area contributed by atoms with Crippen molar-refractivity contribution in [1.82, 2.24) is 9.88 Å². The van der Waals surface area contributed by atoms with Crippen molar-refractivity contribution in [2.45, 2.75) is 32.5 Å². The number of pyridine rings is 1. The van der Waals surface area contributed by atoms with Crippen molar-refractivity contribution < 1.29 is 19.1 Å². The molecule has 1 aromatic carbocycles. The van der Waals surface area contributed by atoms with Gasteiger partial charge in [-0.25, -0.2) is 0 Å². The van der Waals surface area contributed by atoms with Gasteiger partial charge in [-0.05, 0) is 31.5 Å². The third kappa shape index (κ3) is 4.16. The first kappa shape index (κ1) is 19.5. The molecule has 2 aliphatic heterocycles. The lowest BCUT2D eigenvalue weighted by Crippen LogP contribution is -2.47. The van der Waals surface area contributed by atoms with Gasteiger partial charge in [0.2, 0.25) is 0 Å². The van der Waals surface area contributed by atoms with Gasteiger partial charge in [0.1, 0.15) is 0 Å². The van der Waals surface area contributed by atoms with E-state index in [1.807, 2.05) is 32.0 Å². The number of rotatable bonds is 3. The van der Waals surface area contributed by atoms with Crippen LogP contribution in [0.15, 0.2) is 36.7 Å². The number of aromatic nitrogens is 1. The molecule has 1 spiro atoms. The molecule has 2 aliphatic rings. The van der Waals surface area contributed by atoms with Gasteiger partial charge in [-0.2, -0.15) is 0 Å². The molecule has 29 heavy (non-hydrogen) atoms. The van der Waals surface area contributed by atoms with E-state index in [0.717, 1.165) is 16.8 Å². The van der Waals surface area contributed by atoms with Gasteiger partial charge in [0.15, 0.2) is 5.79 Å². The normalized spacial score (nSPS) is 18.1. The van der Waals surface area contributed by atoms with Gasteiger partial charge < -0.3 is 19.7 Å². The third-order valence-electron chi connectivity index (χ3n) is 5.50. The van der Waals surface area contributed by atoms with Crippen LogP contribution in [-0.2, 0) is 9.47 Å². The van der Waals surface area contributed by atoms with E-state index in [9.17, 15) is 9.59 Å². The van der Waals surface area contributed by atoms with E-state index in [1.54, 1.807) is 11.0 Å². The van der Waals surface area contributed by atoms with E-state index in [-0.39, 0.29) is 11.8 Å². The highest BCUT2D eigenvalue weighted by Crippen LogP contribution is 2.31. The number of aryl methyl sites for hydroxylation is 2. The molecule has 0 unspecified atom stereocenters. The monoisotopic (exact) mass is 395 g/mol. The second-order valence-electron chi connectivity index (χ2n) is 7.63. The number of benzene rings is 1. The van der Waals surface area contributed by atoms with Crippen LogP contribution in [-0.4, -0.2) is 53.8 Å². The van der Waals surface area contributed by atoms with E-state index >= 15 is 0 Å². The Morgan fingerprint density at radius 3 is 2.41 bits per heavy atom. The number of carbonyl (C=O) groups is 2. The molecule has 4 rings (SSSR count). The average molecular weight is 395 g/mol. The molecule has 2 saturated heterocycles. The molecule has 0 atom stereocenters. The van der Waals surface area contributed by atoms with Gasteiger partial charge >= 0.3 is 0 Å². The molecule has 1 N–H and O–H groups in total. The Hall–Kier alpha value is -2.77. The predicted octanol–water partition coefficient (Wildman–Crippen LogP) is 2.93. The largest absolute Gasteiger partial charge is 0.347 e. The SMILES string of the molecule is Cc1ccc(NC(=O)c2cncc(C(=O)N3CCC4(CC3)OCCO4)c2)c(C)c1. The second kappa shape index (κ2) is 7.93. The summed E-state index contributed by atoms with van der Waals surface area (Å²) in [5.74, 6) is -0.946. The van der Waals surface area contributed by atoms with Crippen molar-refractivity contribution in [2.24, 2.45) is 0 Å². The minimum Gasteiger partial charge on any atom is -0.347 e. The first-order valence-corrected chi connectivity index (χ1v) is 9.87. The van der Waals surface area contributed by atoms with Crippen LogP contribution in [0.2, 0.25) is 0 Å². The van der Waals surface area contributed by atoms with Gasteiger partial charge in [-0.1, -0.05) is 17.7 Å². The zero-order chi connectivity index (χ0) is 20.4. The fourth-order valence-electron chi connectivity index (χ4n) is 3.85. The van der Waals surface area contributed by atoms with Crippen molar-refractivity contribution >= 4 is 17.5 Å². The molecule has 0 radical (unpaired) electrons. The molecule has 152 valence electrons. The van der Waals surface area contributed by atoms with Gasteiger partial charge in [-0.3, -0.25) is 14.6 Å². The zero-order valence-corrected chi connectivity index (χ0v) is 16.7. The van der Waals surface area contributed by atoms with E-state index in [2.05, 4.69) is 10.3 Å². The number of ether oxygens (including phenoxy) is 2. The van der Waals surface area contributed by atoms with Crippen molar-refractivity contribution in [3.8, 4) is 0 Å². The number of nitrogens with one attached hydrogen (secondary N) is 1. The van der Waals surface area contributed by atoms with Crippen LogP contribution in [0.25, 0.3) is 0 Å². The number of anilines is 1. The lowest BCUT2D eigenvalue weighted by Gasteiger charge is -2.37. The van der Waals surface area contributed by atoms with E-state index in [1.165, 1.54) is 12.4 Å². The summed E-state index contributed by atoms with van der Waals surface area (Å²) in [6.07, 6.45) is 4.28. The maximum absolute atomic E-state index is 12.9. The molecule has 7 heteroatoms. The molecular weight excluding hydrogens is 370 g/mol. The topological polar surface area (TPSA) is 80.8 Å². The van der Waals surface area contributed by atoms with Crippen LogP contribution >= 0.6 is 0 Å². The highest BCUT2D eigenvalue weighted by Gasteiger charge is 2.40. The Morgan fingerprint density at radius 2 is 1.72 bits per heavy atom. The second-order valence-corrected chi connectivity index (χ2v) is 7.63. The Kier molecular flexibility index (Phi) is 5.34. The summed E-state index contributed by atoms with van der Waals surface area (Å²) < 4.78 is 11.4. The van der Waals surface area contributed by atoms with Crippen molar-refractivity contribution in [1.29, 1.82) is 0 Å². The minimum atomic E-state index is -0.525. The maximum Gasteiger partial charge on any atom is 0.257 e. The van der Waals surface area contributed by atoms with Crippen LogP contribution in [0.5, 0.6) is 0 Å². The van der Waals surface area contributed by atoms with Crippen molar-refractivity contribution in [3.63, 3.8) is 0 Å². The zero-order valence-electron chi connectivity index (χ0n) is 16.7. The van der Waals surface area contributed by atoms with E-state index in [4.69, 9.17) is 9.47 Å². The Balaban J connectivity index is 1.44. The summed E-state index contributed by atoms with van der Waals surface area (Å²) >= 11 is 0. The predicted molar refractivity (Wildman–Crippen MR) is 108 cm³/mol. The summed E-state index contributed by atoms with van der Waals surface area (Å²) in [6, 6.07) is 7.43. The molecule has 1 aromatic heterocycles. The molecule has 0 bridgehead atoms. The molecule has 7 nitrogen and oxygen atoms in total. The highest BCUT2D eigenvalue weighted by atomic mass is 16.7. The van der Waals surface area contributed by atoms with Gasteiger partial charge in [-0.15, -0.1) is 0 Å². The molecule has 0 saturated carbocycles. The standard InChI is InChI=1S/C22H25N3O4/c1-15-3-4-19(16(2)11-15)24-20(26)17-12-18(14-23-13-17)21(27)25-7-5-22(6-8-25)28-9-10-29-22/h3-4,11-14H,5-10H2,1-2H3,(H,24,26). The smallest absolute Gasteiger partial charge is 0.257 e. The van der Waals surface area contributed by atoms with Gasteiger partial charge in [0.05, 0.1) is 24.3 Å². The fourth-order valence-corrected chi connectivity index (χ4v) is 3.85. The van der Waals surface area contributed by atoms with Gasteiger partial charge in [0, 0.05) is 44.0 Å². The quantitative estimate of drug-likeness (QED) is 0.864. The number of piperidine rings is 1. The van der Waals surface area contributed by atoms with Crippen LogP contribution in [0, 0.1) is 13.8 Å². The van der Waals surface area contributed by atoms with Crippen LogP contribution in [0.4, 0.5) is 5.69 Å². The Morgan fingerprint density at radius 1 is 1.03 bits per heavy atom. The maximum atomic E-state index is 12.9. The number of carbonyl (C=O) groups excluding carboxylic acids is 2. The summed E-state index contributed by atoms with van der Waals surface area (Å²) in [4.78, 5) is 31.4. The third-order valence-corrected chi connectivity index (χ3v) is 5.50. The number of hydrogen-bond donors (Lipinski definition) is 1. The molecule has 3 heterocycles. The first-order valence-electron chi connectivity index (χ1n) is 9.87. The van der Waals surface area contributed by atoms with Crippen molar-refractivity contribution in [2.75, 3.05) is 31.6 Å². The Labute approximate surface area is 170 Å². The summed E-state index contributed by atoms with van der Waals surface area (Å²) in [6.45, 7) is 6.27. The lowest BCUT2D eigenvalue weighted by molar-refractivity contribution is -0.181. The summed E-state index contributed by atoms with van der Waals surface area (Å²) in [7, 11) is 0. The number of likely N-dealkylation sites (tertiary alicyclic amines) is 1. The number of nitrogens with zero attached hydrogens (tertiary/aromatic N) is 2. The number of hydrogen-bond acceptors (Lipinski definition) is 5. The minimum absolute atomic E-state index is 0.133. The summed E-state index contributed by atoms with van der Waals surface area (Å²) in [5, 5.41) is 2.90. The van der Waals surface area contributed by atoms with Crippen molar-refractivity contribution in [3.05, 3.63) is 58.9 Å². The van der Waals surface area contributed by atoms with Crippen LogP contribution < -0.4 is 5.32 Å². The Bertz CT molecular complexity index is 927. The molecule has 0 aliphatic carbocycles. The fraction of sp³-hybridized carbons (Fsp3) is 0.409. The van der Waals surface area contributed by atoms with E-state index in [0.29, 0.717) is 50.3 Å². The molecular formula is C22H25N3O4. The average Bonchev–Trinajstić information content (AvgIpc) is 3.18. The molecule has 2 aromatic rings. The van der Waals surface area contributed by atoms with E-state index < -0.39 is 5.79 Å². The first-order chi connectivity index (χ1) is 14.0. The van der Waals surface area contributed by atoms with Gasteiger partial charge in [0.25, 0.3) is 11.8 Å².